The summed E-state index contributed by atoms with van der Waals surface area (Å²) in [4.78, 5) is 0.331. The van der Waals surface area contributed by atoms with E-state index in [2.05, 4.69) is 0 Å². The van der Waals surface area contributed by atoms with E-state index in [-0.39, 0.29) is 0 Å². The molecule has 0 aliphatic carbocycles. The lowest BCUT2D eigenvalue weighted by Gasteiger charge is -2.27. The minimum absolute atomic E-state index is 0.694. The highest BCUT2D eigenvalue weighted by atomic mass is 35.5. The van der Waals surface area contributed by atoms with Crippen molar-refractivity contribution in [2.45, 2.75) is 4.87 Å². The molecule has 106 valence electrons. The molecule has 0 aliphatic rings. The lowest BCUT2D eigenvalue weighted by Crippen LogP contribution is -2.20. The van der Waals surface area contributed by atoms with E-state index in [1.807, 2.05) is 66.0 Å². The molecule has 2 aromatic carbocycles. The second-order valence-corrected chi connectivity index (χ2v) is 7.04. The van der Waals surface area contributed by atoms with E-state index in [9.17, 15) is 0 Å². The van der Waals surface area contributed by atoms with Crippen LogP contribution in [0.3, 0.4) is 0 Å². The Morgan fingerprint density at radius 1 is 0.714 bits per heavy atom. The van der Waals surface area contributed by atoms with Gasteiger partial charge in [0.15, 0.2) is 0 Å². The van der Waals surface area contributed by atoms with Gasteiger partial charge in [-0.2, -0.15) is 0 Å². The maximum Gasteiger partial charge on any atom is 0.128 e. The van der Waals surface area contributed by atoms with Crippen LogP contribution in [0.2, 0.25) is 10.0 Å². The fourth-order valence-electron chi connectivity index (χ4n) is 2.28. The first kappa shape index (κ1) is 14.9. The zero-order valence-electron chi connectivity index (χ0n) is 10.9. The summed E-state index contributed by atoms with van der Waals surface area (Å²) in [5.74, 6) is 0. The van der Waals surface area contributed by atoms with Crippen molar-refractivity contribution in [2.75, 3.05) is 0 Å². The zero-order valence-corrected chi connectivity index (χ0v) is 14.0. The zero-order chi connectivity index (χ0) is 14.9. The van der Waals surface area contributed by atoms with Gasteiger partial charge in [0, 0.05) is 14.9 Å². The molecule has 0 saturated carbocycles. The third-order valence-electron chi connectivity index (χ3n) is 3.34. The highest BCUT2D eigenvalue weighted by Gasteiger charge is 2.35. The molecular weight excluding hydrogens is 343 g/mol. The van der Waals surface area contributed by atoms with Crippen molar-refractivity contribution < 1.29 is 0 Å². The molecule has 0 aliphatic heterocycles. The topological polar surface area (TPSA) is 0 Å². The molecule has 0 fully saturated rings. The van der Waals surface area contributed by atoms with Crippen LogP contribution in [0.25, 0.3) is 0 Å². The maximum atomic E-state index is 7.09. The molecule has 0 unspecified atom stereocenters. The number of alkyl halides is 1. The maximum absolute atomic E-state index is 7.09. The predicted molar refractivity (Wildman–Crippen MR) is 93.0 cm³/mol. The number of rotatable bonds is 3. The summed E-state index contributed by atoms with van der Waals surface area (Å²) in [5, 5.41) is 3.42. The van der Waals surface area contributed by atoms with Crippen LogP contribution in [0.15, 0.2) is 66.0 Å². The third kappa shape index (κ3) is 2.84. The molecule has 0 N–H and O–H groups in total. The van der Waals surface area contributed by atoms with Crippen LogP contribution < -0.4 is 0 Å². The molecular formula is C17H11Cl3S. The molecule has 0 saturated heterocycles. The molecule has 0 spiro atoms. The molecule has 1 aromatic heterocycles. The van der Waals surface area contributed by atoms with E-state index in [1.54, 1.807) is 11.3 Å². The van der Waals surface area contributed by atoms with Crippen molar-refractivity contribution in [2.24, 2.45) is 0 Å². The number of hydrogen-bond donors (Lipinski definition) is 0. The Hall–Kier alpha value is -0.990. The van der Waals surface area contributed by atoms with Gasteiger partial charge < -0.3 is 0 Å². The van der Waals surface area contributed by atoms with E-state index in [1.165, 1.54) is 0 Å². The van der Waals surface area contributed by atoms with E-state index >= 15 is 0 Å². The summed E-state index contributed by atoms with van der Waals surface area (Å²) in [5.41, 5.74) is 1.97. The van der Waals surface area contributed by atoms with Gasteiger partial charge in [0.1, 0.15) is 4.87 Å². The van der Waals surface area contributed by atoms with E-state index in [0.29, 0.717) is 10.0 Å². The lowest BCUT2D eigenvalue weighted by molar-refractivity contribution is 0.903. The lowest BCUT2D eigenvalue weighted by atomic mass is 9.89. The van der Waals surface area contributed by atoms with Gasteiger partial charge in [-0.3, -0.25) is 0 Å². The average molecular weight is 354 g/mol. The molecule has 1 heterocycles. The Balaban J connectivity index is 2.20. The van der Waals surface area contributed by atoms with Gasteiger partial charge in [-0.25, -0.2) is 0 Å². The van der Waals surface area contributed by atoms with Crippen LogP contribution in [0, 0.1) is 0 Å². The molecule has 0 amide bonds. The Morgan fingerprint density at radius 2 is 1.19 bits per heavy atom. The minimum Gasteiger partial charge on any atom is -0.146 e. The third-order valence-corrected chi connectivity index (χ3v) is 5.59. The van der Waals surface area contributed by atoms with Crippen LogP contribution in [-0.4, -0.2) is 0 Å². The molecule has 0 bridgehead atoms. The standard InChI is InChI=1S/C17H11Cl3S/c18-14-7-3-12(4-8-14)17(20,16-2-1-11-21-16)13-5-9-15(19)10-6-13/h1-11H. The second-order valence-electron chi connectivity index (χ2n) is 4.65. The van der Waals surface area contributed by atoms with Gasteiger partial charge in [0.05, 0.1) is 0 Å². The van der Waals surface area contributed by atoms with Crippen LogP contribution >= 0.6 is 46.1 Å². The van der Waals surface area contributed by atoms with Crippen molar-refractivity contribution in [3.8, 4) is 0 Å². The summed E-state index contributed by atoms with van der Waals surface area (Å²) in [7, 11) is 0. The monoisotopic (exact) mass is 352 g/mol. The molecule has 0 radical (unpaired) electrons. The van der Waals surface area contributed by atoms with Gasteiger partial charge in [-0.1, -0.05) is 53.5 Å². The normalized spacial score (nSPS) is 11.6. The van der Waals surface area contributed by atoms with Crippen LogP contribution in [0.1, 0.15) is 16.0 Å². The summed E-state index contributed by atoms with van der Waals surface area (Å²) in [6.07, 6.45) is 0. The molecule has 3 aromatic rings. The largest absolute Gasteiger partial charge is 0.146 e. The minimum atomic E-state index is -0.733. The first-order chi connectivity index (χ1) is 10.1. The molecule has 0 nitrogen and oxygen atoms in total. The summed E-state index contributed by atoms with van der Waals surface area (Å²) >= 11 is 20.7. The second kappa shape index (κ2) is 6.02. The van der Waals surface area contributed by atoms with Gasteiger partial charge >= 0.3 is 0 Å². The Morgan fingerprint density at radius 3 is 1.57 bits per heavy atom. The van der Waals surface area contributed by atoms with Crippen molar-refractivity contribution in [1.82, 2.24) is 0 Å². The smallest absolute Gasteiger partial charge is 0.128 e. The quantitative estimate of drug-likeness (QED) is 0.466. The number of benzene rings is 2. The molecule has 4 heteroatoms. The summed E-state index contributed by atoms with van der Waals surface area (Å²) in [6, 6.07) is 19.3. The molecule has 0 atom stereocenters. The Bertz CT molecular complexity index is 670. The van der Waals surface area contributed by atoms with Gasteiger partial charge in [-0.05, 0) is 46.8 Å². The Kier molecular flexibility index (Phi) is 4.28. The number of hydrogen-bond acceptors (Lipinski definition) is 1. The van der Waals surface area contributed by atoms with E-state index in [0.717, 1.165) is 16.0 Å². The molecule has 21 heavy (non-hydrogen) atoms. The van der Waals surface area contributed by atoms with Gasteiger partial charge in [0.2, 0.25) is 0 Å². The van der Waals surface area contributed by atoms with Crippen LogP contribution in [0.5, 0.6) is 0 Å². The van der Waals surface area contributed by atoms with Gasteiger partial charge in [-0.15, -0.1) is 22.9 Å². The van der Waals surface area contributed by atoms with Gasteiger partial charge in [0.25, 0.3) is 0 Å². The van der Waals surface area contributed by atoms with E-state index < -0.39 is 4.87 Å². The fourth-order valence-corrected chi connectivity index (χ4v) is 3.84. The highest BCUT2D eigenvalue weighted by Crippen LogP contribution is 2.45. The summed E-state index contributed by atoms with van der Waals surface area (Å²) in [6.45, 7) is 0. The first-order valence-corrected chi connectivity index (χ1v) is 8.37. The van der Waals surface area contributed by atoms with Crippen molar-refractivity contribution in [3.63, 3.8) is 0 Å². The first-order valence-electron chi connectivity index (χ1n) is 6.35. The Labute approximate surface area is 142 Å². The number of halogens is 3. The SMILES string of the molecule is Clc1ccc(C(Cl)(c2ccc(Cl)cc2)c2cccs2)cc1. The highest BCUT2D eigenvalue weighted by molar-refractivity contribution is 7.10. The predicted octanol–water partition coefficient (Wildman–Crippen LogP) is 6.59. The van der Waals surface area contributed by atoms with Crippen molar-refractivity contribution in [3.05, 3.63) is 92.1 Å². The fraction of sp³-hybridized carbons (Fsp3) is 0.0588. The van der Waals surface area contributed by atoms with Crippen LogP contribution in [-0.2, 0) is 4.87 Å². The average Bonchev–Trinajstić information content (AvgIpc) is 3.02. The van der Waals surface area contributed by atoms with Crippen molar-refractivity contribution in [1.29, 1.82) is 0 Å². The summed E-state index contributed by atoms with van der Waals surface area (Å²) < 4.78 is 0. The van der Waals surface area contributed by atoms with Crippen LogP contribution in [0.4, 0.5) is 0 Å². The van der Waals surface area contributed by atoms with E-state index in [4.69, 9.17) is 34.8 Å². The number of thiophene rings is 1. The van der Waals surface area contributed by atoms with Crippen molar-refractivity contribution >= 4 is 46.1 Å². The molecule has 3 rings (SSSR count).